The van der Waals surface area contributed by atoms with E-state index in [4.69, 9.17) is 5.73 Å². The van der Waals surface area contributed by atoms with Gasteiger partial charge in [-0.1, -0.05) is 24.3 Å². The van der Waals surface area contributed by atoms with E-state index >= 15 is 0 Å². The van der Waals surface area contributed by atoms with Crippen molar-refractivity contribution in [2.75, 3.05) is 11.1 Å². The molecule has 0 atom stereocenters. The number of nitrogens with one attached hydrogen (secondary N) is 1. The van der Waals surface area contributed by atoms with Crippen LogP contribution < -0.4 is 11.1 Å². The lowest BCUT2D eigenvalue weighted by molar-refractivity contribution is 0.101. The molecule has 0 fully saturated rings. The van der Waals surface area contributed by atoms with Crippen LogP contribution in [-0.4, -0.2) is 30.6 Å². The number of fused-ring (bicyclic) bond motifs is 1. The average molecular weight is 464 g/mol. The van der Waals surface area contributed by atoms with E-state index < -0.39 is 0 Å². The number of hydrogen-bond acceptors (Lipinski definition) is 6. The number of hydrogen-bond donors (Lipinski definition) is 2. The minimum absolute atomic E-state index is 0.319. The van der Waals surface area contributed by atoms with Crippen LogP contribution in [0.15, 0.2) is 60.9 Å². The highest BCUT2D eigenvalue weighted by atomic mass is 16.2. The quantitative estimate of drug-likeness (QED) is 0.390. The van der Waals surface area contributed by atoms with Gasteiger partial charge >= 0.3 is 0 Å². The largest absolute Gasteiger partial charge is 0.383 e. The van der Waals surface area contributed by atoms with Crippen LogP contribution in [0.25, 0.3) is 27.8 Å². The Hall–Kier alpha value is -4.59. The van der Waals surface area contributed by atoms with Crippen molar-refractivity contribution in [2.45, 2.75) is 27.7 Å². The van der Waals surface area contributed by atoms with Crippen molar-refractivity contribution in [1.82, 2.24) is 24.7 Å². The second-order valence-electron chi connectivity index (χ2n) is 8.66. The van der Waals surface area contributed by atoms with Crippen LogP contribution >= 0.6 is 0 Å². The zero-order chi connectivity index (χ0) is 24.7. The van der Waals surface area contributed by atoms with Gasteiger partial charge in [-0.05, 0) is 74.0 Å². The number of pyridine rings is 1. The van der Waals surface area contributed by atoms with E-state index in [1.165, 1.54) is 4.68 Å². The van der Waals surface area contributed by atoms with Gasteiger partial charge in [-0.3, -0.25) is 4.79 Å². The molecule has 5 rings (SSSR count). The molecule has 0 bridgehead atoms. The van der Waals surface area contributed by atoms with E-state index in [1.54, 1.807) is 18.5 Å². The molecule has 0 saturated carbocycles. The van der Waals surface area contributed by atoms with Crippen LogP contribution in [0.4, 0.5) is 11.5 Å². The molecule has 0 aliphatic heterocycles. The summed E-state index contributed by atoms with van der Waals surface area (Å²) >= 11 is 0. The zero-order valence-corrected chi connectivity index (χ0v) is 20.0. The minimum Gasteiger partial charge on any atom is -0.383 e. The summed E-state index contributed by atoms with van der Waals surface area (Å²) in [4.78, 5) is 26.6. The fraction of sp³-hybridized carbons (Fsp3) is 0.148. The van der Waals surface area contributed by atoms with Gasteiger partial charge in [0, 0.05) is 34.7 Å². The number of anilines is 2. The Morgan fingerprint density at radius 1 is 0.914 bits per heavy atom. The summed E-state index contributed by atoms with van der Waals surface area (Å²) in [5, 5.41) is 9.22. The Morgan fingerprint density at radius 2 is 1.66 bits per heavy atom. The summed E-state index contributed by atoms with van der Waals surface area (Å²) in [6, 6.07) is 15.6. The van der Waals surface area contributed by atoms with Crippen molar-refractivity contribution in [2.24, 2.45) is 0 Å². The van der Waals surface area contributed by atoms with Gasteiger partial charge in [-0.2, -0.15) is 9.78 Å². The molecule has 1 amide bonds. The molecule has 0 spiro atoms. The van der Waals surface area contributed by atoms with Gasteiger partial charge in [-0.15, -0.1) is 0 Å². The third kappa shape index (κ3) is 4.21. The van der Waals surface area contributed by atoms with Crippen LogP contribution in [0, 0.1) is 27.7 Å². The summed E-state index contributed by atoms with van der Waals surface area (Å²) < 4.78 is 1.46. The first-order valence-corrected chi connectivity index (χ1v) is 11.2. The maximum Gasteiger partial charge on any atom is 0.274 e. The number of amides is 1. The molecule has 2 aromatic carbocycles. The third-order valence-electron chi connectivity index (χ3n) is 5.93. The number of benzene rings is 2. The van der Waals surface area contributed by atoms with Crippen molar-refractivity contribution in [3.05, 3.63) is 89.1 Å². The molecule has 0 unspecified atom stereocenters. The maximum atomic E-state index is 13.3. The Bertz CT molecular complexity index is 1590. The Morgan fingerprint density at radius 3 is 2.40 bits per heavy atom. The Balaban J connectivity index is 1.47. The molecular weight excluding hydrogens is 438 g/mol. The zero-order valence-electron chi connectivity index (χ0n) is 20.0. The van der Waals surface area contributed by atoms with Crippen molar-refractivity contribution >= 4 is 28.2 Å². The van der Waals surface area contributed by atoms with Crippen molar-refractivity contribution in [3.63, 3.8) is 0 Å². The minimum atomic E-state index is -0.321. The molecular formula is C27H25N7O. The first-order chi connectivity index (χ1) is 16.8. The standard InChI is InChI=1S/C27H25N7O/c1-15-7-5-6-8-21(15)20-13-29-27(30-14-20)34-24(11-18(4)33-34)26(35)32-23-12-22-19(9-16(23)2)10-17(3)31-25(22)28/h5-14H,1-4H3,(H2,28,31)(H,32,35). The van der Waals surface area contributed by atoms with Gasteiger partial charge in [0.2, 0.25) is 0 Å². The lowest BCUT2D eigenvalue weighted by atomic mass is 10.0. The van der Waals surface area contributed by atoms with Gasteiger partial charge in [0.1, 0.15) is 11.5 Å². The van der Waals surface area contributed by atoms with Crippen molar-refractivity contribution in [3.8, 4) is 17.1 Å². The number of rotatable bonds is 4. The maximum absolute atomic E-state index is 13.3. The van der Waals surface area contributed by atoms with Crippen molar-refractivity contribution < 1.29 is 4.79 Å². The van der Waals surface area contributed by atoms with Gasteiger partial charge in [0.15, 0.2) is 0 Å². The summed E-state index contributed by atoms with van der Waals surface area (Å²) in [7, 11) is 0. The predicted molar refractivity (Wildman–Crippen MR) is 138 cm³/mol. The normalized spacial score (nSPS) is 11.1. The van der Waals surface area contributed by atoms with Crippen LogP contribution in [-0.2, 0) is 0 Å². The predicted octanol–water partition coefficient (Wildman–Crippen LogP) is 4.95. The number of aromatic nitrogens is 5. The molecule has 8 nitrogen and oxygen atoms in total. The van der Waals surface area contributed by atoms with Gasteiger partial charge < -0.3 is 11.1 Å². The van der Waals surface area contributed by atoms with E-state index in [1.807, 2.05) is 70.2 Å². The number of aryl methyl sites for hydroxylation is 4. The van der Waals surface area contributed by atoms with Crippen molar-refractivity contribution in [1.29, 1.82) is 0 Å². The molecule has 3 aromatic heterocycles. The van der Waals surface area contributed by atoms with E-state index in [0.29, 0.717) is 28.8 Å². The lowest BCUT2D eigenvalue weighted by Crippen LogP contribution is -2.18. The van der Waals surface area contributed by atoms with Crippen LogP contribution in [0.2, 0.25) is 0 Å². The summed E-state index contributed by atoms with van der Waals surface area (Å²) in [5.41, 5.74) is 12.7. The molecule has 5 aromatic rings. The highest BCUT2D eigenvalue weighted by Gasteiger charge is 2.19. The smallest absolute Gasteiger partial charge is 0.274 e. The molecule has 0 aliphatic rings. The second kappa shape index (κ2) is 8.64. The molecule has 3 N–H and O–H groups in total. The van der Waals surface area contributed by atoms with Gasteiger partial charge in [0.25, 0.3) is 11.9 Å². The van der Waals surface area contributed by atoms with E-state index in [9.17, 15) is 4.79 Å². The molecule has 0 aliphatic carbocycles. The fourth-order valence-electron chi connectivity index (χ4n) is 4.18. The van der Waals surface area contributed by atoms with E-state index in [0.717, 1.165) is 38.7 Å². The summed E-state index contributed by atoms with van der Waals surface area (Å²) in [5.74, 6) is 0.427. The SMILES string of the molecule is Cc1cc2cc(C)c(NC(=O)c3cc(C)nn3-c3ncc(-c4ccccc4C)cn3)cc2c(N)n1. The van der Waals surface area contributed by atoms with Crippen LogP contribution in [0.1, 0.15) is 33.0 Å². The number of nitrogens with two attached hydrogens (primary N) is 1. The van der Waals surface area contributed by atoms with E-state index in [2.05, 4.69) is 25.4 Å². The molecule has 3 heterocycles. The molecule has 0 radical (unpaired) electrons. The highest BCUT2D eigenvalue weighted by Crippen LogP contribution is 2.28. The Kier molecular flexibility index (Phi) is 5.49. The van der Waals surface area contributed by atoms with E-state index in [-0.39, 0.29) is 5.91 Å². The monoisotopic (exact) mass is 463 g/mol. The van der Waals surface area contributed by atoms with Crippen LogP contribution in [0.5, 0.6) is 0 Å². The number of carbonyl (C=O) groups excluding carboxylic acids is 1. The number of carbonyl (C=O) groups is 1. The fourth-order valence-corrected chi connectivity index (χ4v) is 4.18. The second-order valence-corrected chi connectivity index (χ2v) is 8.66. The molecule has 35 heavy (non-hydrogen) atoms. The highest BCUT2D eigenvalue weighted by molar-refractivity contribution is 6.06. The number of nitrogens with zero attached hydrogens (tertiary/aromatic N) is 5. The molecule has 0 saturated heterocycles. The first kappa shape index (κ1) is 22.2. The average Bonchev–Trinajstić information content (AvgIpc) is 3.22. The topological polar surface area (TPSA) is 112 Å². The number of nitrogen functional groups attached to an aromatic ring is 1. The summed E-state index contributed by atoms with van der Waals surface area (Å²) in [6.07, 6.45) is 3.49. The molecule has 8 heteroatoms. The van der Waals surface area contributed by atoms with Crippen LogP contribution in [0.3, 0.4) is 0 Å². The Labute approximate surface area is 202 Å². The molecule has 174 valence electrons. The lowest BCUT2D eigenvalue weighted by Gasteiger charge is -2.12. The summed E-state index contributed by atoms with van der Waals surface area (Å²) in [6.45, 7) is 7.71. The van der Waals surface area contributed by atoms with Gasteiger partial charge in [-0.25, -0.2) is 15.0 Å². The first-order valence-electron chi connectivity index (χ1n) is 11.2. The van der Waals surface area contributed by atoms with Gasteiger partial charge in [0.05, 0.1) is 5.69 Å². The third-order valence-corrected chi connectivity index (χ3v) is 5.93.